The van der Waals surface area contributed by atoms with Crippen molar-refractivity contribution in [3.63, 3.8) is 0 Å². The molecule has 0 spiro atoms. The predicted octanol–water partition coefficient (Wildman–Crippen LogP) is 0.176. The van der Waals surface area contributed by atoms with E-state index in [0.717, 1.165) is 24.6 Å². The van der Waals surface area contributed by atoms with Gasteiger partial charge in [-0.3, -0.25) is 9.79 Å². The first-order valence-electron chi connectivity index (χ1n) is 5.55. The third-order valence-electron chi connectivity index (χ3n) is 2.75. The maximum atomic E-state index is 10.9. The van der Waals surface area contributed by atoms with Crippen molar-refractivity contribution in [1.82, 2.24) is 10.2 Å². The van der Waals surface area contributed by atoms with Gasteiger partial charge in [0.2, 0.25) is 5.91 Å². The topological polar surface area (TPSA) is 70.7 Å². The van der Waals surface area contributed by atoms with Gasteiger partial charge in [-0.15, -0.1) is 0 Å². The standard InChI is InChI=1S/C12H16N4O/c1-16-7-6-14-12(16)15-8-9-2-4-10(5-3-9)11(13)17/h2-5H,6-8H2,1H3,(H2,13,17)(H,14,15). The summed E-state index contributed by atoms with van der Waals surface area (Å²) in [7, 11) is 2.01. The molecule has 0 saturated carbocycles. The van der Waals surface area contributed by atoms with E-state index < -0.39 is 5.91 Å². The molecule has 1 aromatic carbocycles. The number of likely N-dealkylation sites (N-methyl/N-ethyl adjacent to an activating group) is 1. The maximum absolute atomic E-state index is 10.9. The van der Waals surface area contributed by atoms with Crippen molar-refractivity contribution in [2.24, 2.45) is 10.7 Å². The summed E-state index contributed by atoms with van der Waals surface area (Å²) in [6, 6.07) is 7.25. The molecule has 0 aliphatic carbocycles. The van der Waals surface area contributed by atoms with Crippen LogP contribution in [0.2, 0.25) is 0 Å². The fraction of sp³-hybridized carbons (Fsp3) is 0.333. The molecule has 17 heavy (non-hydrogen) atoms. The first-order valence-corrected chi connectivity index (χ1v) is 5.55. The van der Waals surface area contributed by atoms with Crippen LogP contribution in [0.4, 0.5) is 0 Å². The minimum atomic E-state index is -0.399. The smallest absolute Gasteiger partial charge is 0.248 e. The number of hydrogen-bond acceptors (Lipinski definition) is 4. The number of nitrogens with two attached hydrogens (primary N) is 1. The SMILES string of the molecule is CN1CCN=C1NCc1ccc(C(N)=O)cc1. The van der Waals surface area contributed by atoms with Gasteiger partial charge in [-0.25, -0.2) is 0 Å². The zero-order valence-corrected chi connectivity index (χ0v) is 9.81. The molecular weight excluding hydrogens is 216 g/mol. The summed E-state index contributed by atoms with van der Waals surface area (Å²) in [6.07, 6.45) is 0. The van der Waals surface area contributed by atoms with Crippen LogP contribution in [0.25, 0.3) is 0 Å². The monoisotopic (exact) mass is 232 g/mol. The van der Waals surface area contributed by atoms with E-state index in [1.807, 2.05) is 19.2 Å². The number of nitrogens with zero attached hydrogens (tertiary/aromatic N) is 2. The number of aliphatic imine (C=N–C) groups is 1. The highest BCUT2D eigenvalue weighted by molar-refractivity contribution is 5.92. The summed E-state index contributed by atoms with van der Waals surface area (Å²) in [4.78, 5) is 17.3. The molecule has 5 heteroatoms. The van der Waals surface area contributed by atoms with E-state index in [1.165, 1.54) is 0 Å². The first-order chi connectivity index (χ1) is 8.16. The van der Waals surface area contributed by atoms with E-state index in [9.17, 15) is 4.79 Å². The Morgan fingerprint density at radius 2 is 2.18 bits per heavy atom. The van der Waals surface area contributed by atoms with Gasteiger partial charge >= 0.3 is 0 Å². The van der Waals surface area contributed by atoms with Crippen molar-refractivity contribution in [2.45, 2.75) is 6.54 Å². The van der Waals surface area contributed by atoms with Gasteiger partial charge in [-0.1, -0.05) is 12.1 Å². The Morgan fingerprint density at radius 1 is 1.47 bits per heavy atom. The fourth-order valence-corrected chi connectivity index (χ4v) is 1.69. The van der Waals surface area contributed by atoms with Gasteiger partial charge in [-0.2, -0.15) is 0 Å². The highest BCUT2D eigenvalue weighted by Crippen LogP contribution is 2.04. The number of hydrogen-bond donors (Lipinski definition) is 2. The van der Waals surface area contributed by atoms with Gasteiger partial charge in [-0.05, 0) is 17.7 Å². The second kappa shape index (κ2) is 4.86. The lowest BCUT2D eigenvalue weighted by Crippen LogP contribution is -2.35. The van der Waals surface area contributed by atoms with Gasteiger partial charge in [0.15, 0.2) is 5.96 Å². The molecule has 0 fully saturated rings. The molecule has 0 aromatic heterocycles. The Bertz CT molecular complexity index is 438. The van der Waals surface area contributed by atoms with Crippen LogP contribution in [-0.2, 0) is 6.54 Å². The molecule has 3 N–H and O–H groups in total. The van der Waals surface area contributed by atoms with Crippen LogP contribution in [0.15, 0.2) is 29.3 Å². The maximum Gasteiger partial charge on any atom is 0.248 e. The summed E-state index contributed by atoms with van der Waals surface area (Å²) in [5, 5.41) is 3.26. The molecule has 0 bridgehead atoms. The van der Waals surface area contributed by atoms with Crippen LogP contribution in [0.3, 0.4) is 0 Å². The number of benzene rings is 1. The number of carbonyl (C=O) groups is 1. The van der Waals surface area contributed by atoms with Crippen LogP contribution in [0, 0.1) is 0 Å². The number of nitrogens with one attached hydrogen (secondary N) is 1. The molecule has 0 radical (unpaired) electrons. The summed E-state index contributed by atoms with van der Waals surface area (Å²) in [5.41, 5.74) is 6.80. The molecule has 0 atom stereocenters. The lowest BCUT2D eigenvalue weighted by atomic mass is 10.1. The second-order valence-corrected chi connectivity index (χ2v) is 4.04. The van der Waals surface area contributed by atoms with Crippen LogP contribution in [0.5, 0.6) is 0 Å². The lowest BCUT2D eigenvalue weighted by molar-refractivity contribution is 0.100. The third kappa shape index (κ3) is 2.75. The van der Waals surface area contributed by atoms with Crippen molar-refractivity contribution >= 4 is 11.9 Å². The summed E-state index contributed by atoms with van der Waals surface area (Å²) in [6.45, 7) is 2.50. The fourth-order valence-electron chi connectivity index (χ4n) is 1.69. The molecule has 1 heterocycles. The number of primary amides is 1. The Labute approximate surface area is 100 Å². The van der Waals surface area contributed by atoms with Crippen molar-refractivity contribution in [3.8, 4) is 0 Å². The van der Waals surface area contributed by atoms with E-state index in [0.29, 0.717) is 12.1 Å². The summed E-state index contributed by atoms with van der Waals surface area (Å²) in [5.74, 6) is 0.522. The number of guanidine groups is 1. The van der Waals surface area contributed by atoms with Gasteiger partial charge in [0.05, 0.1) is 6.54 Å². The largest absolute Gasteiger partial charge is 0.366 e. The van der Waals surface area contributed by atoms with Crippen molar-refractivity contribution in [3.05, 3.63) is 35.4 Å². The second-order valence-electron chi connectivity index (χ2n) is 4.04. The molecule has 0 saturated heterocycles. The molecule has 1 aromatic rings. The Morgan fingerprint density at radius 3 is 2.71 bits per heavy atom. The van der Waals surface area contributed by atoms with Crippen molar-refractivity contribution in [1.29, 1.82) is 0 Å². The average Bonchev–Trinajstić information content (AvgIpc) is 2.73. The number of carbonyl (C=O) groups excluding carboxylic acids is 1. The van der Waals surface area contributed by atoms with E-state index in [4.69, 9.17) is 5.73 Å². The predicted molar refractivity (Wildman–Crippen MR) is 66.7 cm³/mol. The molecule has 1 aliphatic heterocycles. The lowest BCUT2D eigenvalue weighted by Gasteiger charge is -2.15. The van der Waals surface area contributed by atoms with Gasteiger partial charge in [0, 0.05) is 25.7 Å². The van der Waals surface area contributed by atoms with Crippen LogP contribution in [0.1, 0.15) is 15.9 Å². The zero-order chi connectivity index (χ0) is 12.3. The molecule has 5 nitrogen and oxygen atoms in total. The quantitative estimate of drug-likeness (QED) is 0.780. The molecule has 1 amide bonds. The molecule has 0 unspecified atom stereocenters. The summed E-state index contributed by atoms with van der Waals surface area (Å²) >= 11 is 0. The zero-order valence-electron chi connectivity index (χ0n) is 9.81. The van der Waals surface area contributed by atoms with Crippen LogP contribution >= 0.6 is 0 Å². The molecule has 90 valence electrons. The van der Waals surface area contributed by atoms with Crippen LogP contribution in [-0.4, -0.2) is 36.9 Å². The molecule has 1 aliphatic rings. The Kier molecular flexibility index (Phi) is 3.27. The van der Waals surface area contributed by atoms with Crippen molar-refractivity contribution in [2.75, 3.05) is 20.1 Å². The van der Waals surface area contributed by atoms with Gasteiger partial charge in [0.1, 0.15) is 0 Å². The number of amides is 1. The molecular formula is C12H16N4O. The van der Waals surface area contributed by atoms with E-state index in [2.05, 4.69) is 15.2 Å². The van der Waals surface area contributed by atoms with E-state index >= 15 is 0 Å². The first kappa shape index (κ1) is 11.4. The Hall–Kier alpha value is -2.04. The van der Waals surface area contributed by atoms with Gasteiger partial charge < -0.3 is 16.0 Å². The minimum Gasteiger partial charge on any atom is -0.366 e. The average molecular weight is 232 g/mol. The Balaban J connectivity index is 1.93. The highest BCUT2D eigenvalue weighted by atomic mass is 16.1. The number of rotatable bonds is 3. The minimum absolute atomic E-state index is 0.399. The van der Waals surface area contributed by atoms with E-state index in [1.54, 1.807) is 12.1 Å². The highest BCUT2D eigenvalue weighted by Gasteiger charge is 2.11. The van der Waals surface area contributed by atoms with Crippen LogP contribution < -0.4 is 11.1 Å². The van der Waals surface area contributed by atoms with E-state index in [-0.39, 0.29) is 0 Å². The third-order valence-corrected chi connectivity index (χ3v) is 2.75. The van der Waals surface area contributed by atoms with Crippen molar-refractivity contribution < 1.29 is 4.79 Å². The normalized spacial score (nSPS) is 14.6. The summed E-state index contributed by atoms with van der Waals surface area (Å²) < 4.78 is 0. The molecule has 2 rings (SSSR count). The van der Waals surface area contributed by atoms with Gasteiger partial charge in [0.25, 0.3) is 0 Å².